The zero-order valence-electron chi connectivity index (χ0n) is 47.9. The molecule has 1 atom stereocenters. The highest BCUT2D eigenvalue weighted by Crippen LogP contribution is 2.16. The lowest BCUT2D eigenvalue weighted by Crippen LogP contribution is -2.30. The number of rotatable bonds is 57. The third-order valence-electron chi connectivity index (χ3n) is 13.7. The number of allylic oxidation sites excluding steroid dienone is 10. The maximum Gasteiger partial charge on any atom is 0.306 e. The Balaban J connectivity index is 4.33. The average Bonchev–Trinajstić information content (AvgIpc) is 3.38. The molecule has 0 aromatic heterocycles. The van der Waals surface area contributed by atoms with E-state index in [1.807, 2.05) is 0 Å². The Morgan fingerprint density at radius 1 is 0.278 bits per heavy atom. The van der Waals surface area contributed by atoms with E-state index in [2.05, 4.69) is 81.5 Å². The van der Waals surface area contributed by atoms with Crippen LogP contribution in [-0.2, 0) is 28.6 Å². The first-order chi connectivity index (χ1) is 35.5. The van der Waals surface area contributed by atoms with Crippen molar-refractivity contribution >= 4 is 17.9 Å². The predicted octanol–water partition coefficient (Wildman–Crippen LogP) is 21.2. The molecule has 0 aliphatic carbocycles. The minimum absolute atomic E-state index is 0.0800. The van der Waals surface area contributed by atoms with Gasteiger partial charge in [0, 0.05) is 19.3 Å². The highest BCUT2D eigenvalue weighted by Gasteiger charge is 2.19. The Hall–Kier alpha value is -2.89. The molecule has 6 heteroatoms. The molecule has 0 N–H and O–H groups in total. The van der Waals surface area contributed by atoms with Crippen molar-refractivity contribution in [1.29, 1.82) is 0 Å². The molecule has 0 rings (SSSR count). The van der Waals surface area contributed by atoms with Gasteiger partial charge in [0.25, 0.3) is 0 Å². The van der Waals surface area contributed by atoms with Crippen molar-refractivity contribution in [2.45, 2.75) is 329 Å². The van der Waals surface area contributed by atoms with Crippen LogP contribution in [0.2, 0.25) is 0 Å². The van der Waals surface area contributed by atoms with E-state index in [1.165, 1.54) is 199 Å². The molecular weight excluding hydrogens is 889 g/mol. The first-order valence-corrected chi connectivity index (χ1v) is 31.3. The van der Waals surface area contributed by atoms with Crippen LogP contribution in [0.1, 0.15) is 323 Å². The van der Waals surface area contributed by atoms with E-state index in [-0.39, 0.29) is 31.1 Å². The minimum atomic E-state index is -0.783. The molecule has 0 bridgehead atoms. The molecule has 0 saturated carbocycles. The van der Waals surface area contributed by atoms with Gasteiger partial charge in [-0.1, -0.05) is 261 Å². The van der Waals surface area contributed by atoms with Crippen LogP contribution in [0.15, 0.2) is 60.8 Å². The Bertz CT molecular complexity index is 1290. The first-order valence-electron chi connectivity index (χ1n) is 31.3. The van der Waals surface area contributed by atoms with Gasteiger partial charge in [-0.05, 0) is 103 Å². The Morgan fingerprint density at radius 2 is 0.514 bits per heavy atom. The average molecular weight is 1010 g/mol. The molecule has 0 aromatic carbocycles. The minimum Gasteiger partial charge on any atom is -0.462 e. The third-order valence-corrected chi connectivity index (χ3v) is 13.7. The summed E-state index contributed by atoms with van der Waals surface area (Å²) in [6.07, 6.45) is 76.5. The van der Waals surface area contributed by atoms with Gasteiger partial charge in [-0.15, -0.1) is 0 Å². The van der Waals surface area contributed by atoms with E-state index in [0.29, 0.717) is 19.3 Å². The molecule has 0 amide bonds. The first kappa shape index (κ1) is 69.1. The Morgan fingerprint density at radius 3 is 0.819 bits per heavy atom. The smallest absolute Gasteiger partial charge is 0.306 e. The summed E-state index contributed by atoms with van der Waals surface area (Å²) in [5.74, 6) is -0.886. The van der Waals surface area contributed by atoms with E-state index >= 15 is 0 Å². The molecule has 0 heterocycles. The van der Waals surface area contributed by atoms with Crippen molar-refractivity contribution < 1.29 is 28.6 Å². The van der Waals surface area contributed by atoms with Crippen molar-refractivity contribution in [3.05, 3.63) is 60.8 Å². The standard InChI is InChI=1S/C66H118O6/c1-4-7-10-13-16-19-22-25-28-30-31-32-33-34-35-37-38-41-44-47-50-53-56-59-65(68)71-62-63(61-70-64(67)58-55-52-49-46-43-40-27-24-21-18-15-12-9-6-3)72-66(69)60-57-54-51-48-45-42-39-36-29-26-23-20-17-14-11-8-5-2/h15,18,22,24-27,29-31,63H,4-14,16-17,19-21,23,28,32-62H2,1-3H3/b18-15-,25-22-,27-24-,29-26-,31-30-. The number of carbonyl (C=O) groups is 3. The summed E-state index contributed by atoms with van der Waals surface area (Å²) in [5, 5.41) is 0. The summed E-state index contributed by atoms with van der Waals surface area (Å²) >= 11 is 0. The van der Waals surface area contributed by atoms with Crippen molar-refractivity contribution in [3.8, 4) is 0 Å². The quantitative estimate of drug-likeness (QED) is 0.0261. The zero-order valence-corrected chi connectivity index (χ0v) is 47.9. The molecule has 0 aliphatic rings. The number of hydrogen-bond donors (Lipinski definition) is 0. The molecule has 0 aliphatic heterocycles. The molecule has 0 saturated heterocycles. The highest BCUT2D eigenvalue weighted by atomic mass is 16.6. The van der Waals surface area contributed by atoms with Gasteiger partial charge in [0.05, 0.1) is 0 Å². The van der Waals surface area contributed by atoms with Gasteiger partial charge in [0.15, 0.2) is 6.10 Å². The molecule has 72 heavy (non-hydrogen) atoms. The summed E-state index contributed by atoms with van der Waals surface area (Å²) in [4.78, 5) is 38.3. The molecular formula is C66H118O6. The van der Waals surface area contributed by atoms with Crippen molar-refractivity contribution in [3.63, 3.8) is 0 Å². The fourth-order valence-corrected chi connectivity index (χ4v) is 8.96. The van der Waals surface area contributed by atoms with Gasteiger partial charge >= 0.3 is 17.9 Å². The monoisotopic (exact) mass is 1010 g/mol. The largest absolute Gasteiger partial charge is 0.462 e. The number of carbonyl (C=O) groups excluding carboxylic acids is 3. The van der Waals surface area contributed by atoms with Crippen molar-refractivity contribution in [2.75, 3.05) is 13.2 Å². The fourth-order valence-electron chi connectivity index (χ4n) is 8.96. The second-order valence-electron chi connectivity index (χ2n) is 21.0. The third kappa shape index (κ3) is 58.0. The second-order valence-corrected chi connectivity index (χ2v) is 21.0. The number of esters is 3. The highest BCUT2D eigenvalue weighted by molar-refractivity contribution is 5.71. The van der Waals surface area contributed by atoms with Gasteiger partial charge in [-0.2, -0.15) is 0 Å². The maximum atomic E-state index is 12.9. The molecule has 1 unspecified atom stereocenters. The van der Waals surface area contributed by atoms with E-state index < -0.39 is 6.10 Å². The van der Waals surface area contributed by atoms with E-state index in [9.17, 15) is 14.4 Å². The molecule has 6 nitrogen and oxygen atoms in total. The van der Waals surface area contributed by atoms with E-state index in [4.69, 9.17) is 14.2 Å². The van der Waals surface area contributed by atoms with Crippen molar-refractivity contribution in [2.24, 2.45) is 0 Å². The van der Waals surface area contributed by atoms with E-state index in [1.54, 1.807) is 0 Å². The Labute approximate surface area is 447 Å². The van der Waals surface area contributed by atoms with Gasteiger partial charge in [-0.25, -0.2) is 0 Å². The van der Waals surface area contributed by atoms with Gasteiger partial charge in [0.2, 0.25) is 0 Å². The van der Waals surface area contributed by atoms with Crippen LogP contribution in [0, 0.1) is 0 Å². The number of ether oxygens (including phenoxy) is 3. The lowest BCUT2D eigenvalue weighted by molar-refractivity contribution is -0.167. The van der Waals surface area contributed by atoms with Crippen LogP contribution in [0.5, 0.6) is 0 Å². The summed E-state index contributed by atoms with van der Waals surface area (Å²) in [6, 6.07) is 0. The van der Waals surface area contributed by atoms with Crippen LogP contribution in [0.3, 0.4) is 0 Å². The van der Waals surface area contributed by atoms with Crippen LogP contribution >= 0.6 is 0 Å². The van der Waals surface area contributed by atoms with Crippen LogP contribution < -0.4 is 0 Å². The summed E-state index contributed by atoms with van der Waals surface area (Å²) in [7, 11) is 0. The topological polar surface area (TPSA) is 78.9 Å². The van der Waals surface area contributed by atoms with Crippen molar-refractivity contribution in [1.82, 2.24) is 0 Å². The lowest BCUT2D eigenvalue weighted by atomic mass is 10.0. The van der Waals surface area contributed by atoms with Gasteiger partial charge < -0.3 is 14.2 Å². The summed E-state index contributed by atoms with van der Waals surface area (Å²) in [6.45, 7) is 6.60. The molecule has 0 fully saturated rings. The molecule has 0 aromatic rings. The lowest BCUT2D eigenvalue weighted by Gasteiger charge is -2.18. The fraction of sp³-hybridized carbons (Fsp3) is 0.803. The SMILES string of the molecule is CCCC/C=C\C/C=C\CCCCCCCC(=O)OCC(COC(=O)CCCCCCCCCCCCC/C=C\C/C=C\CCCCCCC)OC(=O)CCCCCCCCC/C=C\CCCCCCCC. The normalized spacial score (nSPS) is 12.4. The van der Waals surface area contributed by atoms with Gasteiger partial charge in [0.1, 0.15) is 13.2 Å². The molecule has 0 radical (unpaired) electrons. The second kappa shape index (κ2) is 60.7. The molecule has 0 spiro atoms. The van der Waals surface area contributed by atoms with Gasteiger partial charge in [-0.3, -0.25) is 14.4 Å². The maximum absolute atomic E-state index is 12.9. The Kier molecular flexibility index (Phi) is 58.2. The summed E-state index contributed by atoms with van der Waals surface area (Å²) in [5.41, 5.74) is 0. The van der Waals surface area contributed by atoms with E-state index in [0.717, 1.165) is 83.5 Å². The van der Waals surface area contributed by atoms with Crippen LogP contribution in [0.25, 0.3) is 0 Å². The molecule has 418 valence electrons. The predicted molar refractivity (Wildman–Crippen MR) is 312 cm³/mol. The number of unbranched alkanes of at least 4 members (excludes halogenated alkanes) is 36. The summed E-state index contributed by atoms with van der Waals surface area (Å²) < 4.78 is 16.9. The van der Waals surface area contributed by atoms with Crippen LogP contribution in [0.4, 0.5) is 0 Å². The van der Waals surface area contributed by atoms with Crippen LogP contribution in [-0.4, -0.2) is 37.2 Å². The zero-order chi connectivity index (χ0) is 52.2. The number of hydrogen-bond acceptors (Lipinski definition) is 6.